The van der Waals surface area contributed by atoms with Gasteiger partial charge in [-0.2, -0.15) is 0 Å². The summed E-state index contributed by atoms with van der Waals surface area (Å²) in [5.74, 6) is 0.137. The van der Waals surface area contributed by atoms with E-state index in [4.69, 9.17) is 5.11 Å². The SMILES string of the molecule is Cc1ccc2c(Br)nc(CCCC(=O)O)n2c1. The number of fused-ring (bicyclic) bond motifs is 1. The lowest BCUT2D eigenvalue weighted by Crippen LogP contribution is -1.99. The Balaban J connectivity index is 2.27. The highest BCUT2D eigenvalue weighted by Gasteiger charge is 2.09. The summed E-state index contributed by atoms with van der Waals surface area (Å²) in [7, 11) is 0. The lowest BCUT2D eigenvalue weighted by Gasteiger charge is -2.01. The van der Waals surface area contributed by atoms with Crippen molar-refractivity contribution in [3.05, 3.63) is 34.3 Å². The Morgan fingerprint density at radius 3 is 3.00 bits per heavy atom. The van der Waals surface area contributed by atoms with E-state index in [2.05, 4.69) is 20.9 Å². The monoisotopic (exact) mass is 296 g/mol. The van der Waals surface area contributed by atoms with Gasteiger partial charge in [0.1, 0.15) is 10.4 Å². The molecule has 0 aromatic carbocycles. The lowest BCUT2D eigenvalue weighted by molar-refractivity contribution is -0.137. The largest absolute Gasteiger partial charge is 0.481 e. The van der Waals surface area contributed by atoms with E-state index >= 15 is 0 Å². The molecule has 0 unspecified atom stereocenters. The molecule has 0 saturated heterocycles. The molecule has 1 N–H and O–H groups in total. The number of imidazole rings is 1. The third-order valence-electron chi connectivity index (χ3n) is 2.60. The molecule has 0 fully saturated rings. The van der Waals surface area contributed by atoms with Crippen molar-refractivity contribution in [2.75, 3.05) is 0 Å². The average Bonchev–Trinajstić information content (AvgIpc) is 2.55. The normalized spacial score (nSPS) is 10.9. The molecule has 4 nitrogen and oxygen atoms in total. The van der Waals surface area contributed by atoms with Crippen molar-refractivity contribution in [1.29, 1.82) is 0 Å². The minimum atomic E-state index is -0.763. The highest BCUT2D eigenvalue weighted by molar-refractivity contribution is 9.10. The van der Waals surface area contributed by atoms with Crippen molar-refractivity contribution < 1.29 is 9.90 Å². The molecular formula is C12H13BrN2O2. The molecule has 2 rings (SSSR count). The van der Waals surface area contributed by atoms with Crippen LogP contribution in [0.5, 0.6) is 0 Å². The third kappa shape index (κ3) is 2.66. The van der Waals surface area contributed by atoms with E-state index in [9.17, 15) is 4.79 Å². The van der Waals surface area contributed by atoms with Gasteiger partial charge in [0.15, 0.2) is 0 Å². The number of carboxylic acids is 1. The van der Waals surface area contributed by atoms with Gasteiger partial charge in [-0.1, -0.05) is 6.07 Å². The molecule has 0 atom stereocenters. The Kier molecular flexibility index (Phi) is 3.47. The summed E-state index contributed by atoms with van der Waals surface area (Å²) >= 11 is 3.41. The number of aromatic nitrogens is 2. The Labute approximate surface area is 107 Å². The molecule has 2 heterocycles. The van der Waals surface area contributed by atoms with Gasteiger partial charge in [0, 0.05) is 19.0 Å². The number of pyridine rings is 1. The molecular weight excluding hydrogens is 284 g/mol. The van der Waals surface area contributed by atoms with Gasteiger partial charge in [-0.15, -0.1) is 0 Å². The molecule has 0 aliphatic carbocycles. The van der Waals surface area contributed by atoms with Gasteiger partial charge in [0.25, 0.3) is 0 Å². The topological polar surface area (TPSA) is 54.6 Å². The fraction of sp³-hybridized carbons (Fsp3) is 0.333. The van der Waals surface area contributed by atoms with Crippen LogP contribution in [-0.2, 0) is 11.2 Å². The van der Waals surface area contributed by atoms with E-state index in [0.29, 0.717) is 12.8 Å². The molecule has 2 aromatic heterocycles. The predicted octanol–water partition coefficient (Wildman–Crippen LogP) is 2.81. The molecule has 90 valence electrons. The summed E-state index contributed by atoms with van der Waals surface area (Å²) in [6.07, 6.45) is 3.47. The number of nitrogens with zero attached hydrogens (tertiary/aromatic N) is 2. The number of aryl methyl sites for hydroxylation is 2. The summed E-state index contributed by atoms with van der Waals surface area (Å²) in [5, 5.41) is 8.62. The van der Waals surface area contributed by atoms with Gasteiger partial charge in [-0.25, -0.2) is 4.98 Å². The molecule has 0 bridgehead atoms. The molecule has 2 aromatic rings. The number of halogens is 1. The van der Waals surface area contributed by atoms with Crippen LogP contribution in [0.25, 0.3) is 5.52 Å². The van der Waals surface area contributed by atoms with Crippen LogP contribution in [0.15, 0.2) is 22.9 Å². The number of carbonyl (C=O) groups is 1. The number of rotatable bonds is 4. The summed E-state index contributed by atoms with van der Waals surface area (Å²) in [4.78, 5) is 14.9. The Hall–Kier alpha value is -1.36. The van der Waals surface area contributed by atoms with Crippen LogP contribution < -0.4 is 0 Å². The fourth-order valence-electron chi connectivity index (χ4n) is 1.79. The van der Waals surface area contributed by atoms with E-state index in [0.717, 1.165) is 21.5 Å². The number of carboxylic acid groups (broad SMARTS) is 1. The second-order valence-electron chi connectivity index (χ2n) is 4.03. The minimum Gasteiger partial charge on any atom is -0.481 e. The van der Waals surface area contributed by atoms with Crippen LogP contribution in [0.3, 0.4) is 0 Å². The Morgan fingerprint density at radius 1 is 1.53 bits per heavy atom. The van der Waals surface area contributed by atoms with Crippen molar-refractivity contribution in [2.24, 2.45) is 0 Å². The van der Waals surface area contributed by atoms with Crippen molar-refractivity contribution >= 4 is 27.4 Å². The Bertz CT molecular complexity index is 563. The quantitative estimate of drug-likeness (QED) is 0.944. The first-order chi connectivity index (χ1) is 8.08. The standard InChI is InChI=1S/C12H13BrN2O2/c1-8-5-6-9-12(13)14-10(15(9)7-8)3-2-4-11(16)17/h5-7H,2-4H2,1H3,(H,16,17). The minimum absolute atomic E-state index is 0.179. The molecule has 17 heavy (non-hydrogen) atoms. The molecule has 0 amide bonds. The van der Waals surface area contributed by atoms with Gasteiger partial charge >= 0.3 is 5.97 Å². The van der Waals surface area contributed by atoms with Gasteiger partial charge < -0.3 is 9.51 Å². The summed E-state index contributed by atoms with van der Waals surface area (Å²) in [6.45, 7) is 2.02. The molecule has 0 aliphatic heterocycles. The maximum absolute atomic E-state index is 10.5. The molecule has 0 spiro atoms. The molecule has 0 radical (unpaired) electrons. The number of hydrogen-bond acceptors (Lipinski definition) is 2. The van der Waals surface area contributed by atoms with Gasteiger partial charge in [0.2, 0.25) is 0 Å². The molecule has 5 heteroatoms. The third-order valence-corrected chi connectivity index (χ3v) is 3.19. The lowest BCUT2D eigenvalue weighted by atomic mass is 10.2. The fourth-order valence-corrected chi connectivity index (χ4v) is 2.32. The highest BCUT2D eigenvalue weighted by atomic mass is 79.9. The summed E-state index contributed by atoms with van der Waals surface area (Å²) < 4.78 is 2.82. The predicted molar refractivity (Wildman–Crippen MR) is 68.2 cm³/mol. The second kappa shape index (κ2) is 4.87. The maximum atomic E-state index is 10.5. The van der Waals surface area contributed by atoms with Crippen molar-refractivity contribution in [2.45, 2.75) is 26.2 Å². The summed E-state index contributed by atoms with van der Waals surface area (Å²) in [5.41, 5.74) is 2.17. The Morgan fingerprint density at radius 2 is 2.29 bits per heavy atom. The van der Waals surface area contributed by atoms with Crippen molar-refractivity contribution in [3.63, 3.8) is 0 Å². The van der Waals surface area contributed by atoms with Gasteiger partial charge in [0.05, 0.1) is 5.52 Å². The van der Waals surface area contributed by atoms with E-state index in [1.165, 1.54) is 0 Å². The molecule has 0 aliphatic rings. The first-order valence-electron chi connectivity index (χ1n) is 5.43. The van der Waals surface area contributed by atoms with E-state index in [-0.39, 0.29) is 6.42 Å². The average molecular weight is 297 g/mol. The van der Waals surface area contributed by atoms with Gasteiger partial charge in [-0.3, -0.25) is 4.79 Å². The first kappa shape index (κ1) is 12.1. The van der Waals surface area contributed by atoms with Crippen molar-refractivity contribution in [1.82, 2.24) is 9.38 Å². The zero-order valence-corrected chi connectivity index (χ0v) is 11.1. The smallest absolute Gasteiger partial charge is 0.303 e. The zero-order valence-electron chi connectivity index (χ0n) is 9.48. The maximum Gasteiger partial charge on any atom is 0.303 e. The van der Waals surface area contributed by atoms with Crippen LogP contribution in [0.4, 0.5) is 0 Å². The zero-order chi connectivity index (χ0) is 12.4. The van der Waals surface area contributed by atoms with E-state index in [1.807, 2.05) is 29.7 Å². The highest BCUT2D eigenvalue weighted by Crippen LogP contribution is 2.20. The van der Waals surface area contributed by atoms with Crippen LogP contribution in [0, 0.1) is 6.92 Å². The van der Waals surface area contributed by atoms with E-state index in [1.54, 1.807) is 0 Å². The molecule has 0 saturated carbocycles. The van der Waals surface area contributed by atoms with Crippen LogP contribution in [0.1, 0.15) is 24.2 Å². The van der Waals surface area contributed by atoms with Gasteiger partial charge in [-0.05, 0) is 40.9 Å². The second-order valence-corrected chi connectivity index (χ2v) is 4.78. The number of hydrogen-bond donors (Lipinski definition) is 1. The summed E-state index contributed by atoms with van der Waals surface area (Å²) in [6, 6.07) is 4.04. The van der Waals surface area contributed by atoms with Crippen LogP contribution in [0.2, 0.25) is 0 Å². The van der Waals surface area contributed by atoms with Crippen LogP contribution >= 0.6 is 15.9 Å². The van der Waals surface area contributed by atoms with E-state index < -0.39 is 5.97 Å². The number of aliphatic carboxylic acids is 1. The van der Waals surface area contributed by atoms with Crippen molar-refractivity contribution in [3.8, 4) is 0 Å². The first-order valence-corrected chi connectivity index (χ1v) is 6.22. The van der Waals surface area contributed by atoms with Crippen LogP contribution in [-0.4, -0.2) is 20.5 Å².